The normalized spacial score (nSPS) is 32.8. The van der Waals surface area contributed by atoms with Gasteiger partial charge in [0.25, 0.3) is 0 Å². The molecule has 1 saturated carbocycles. The first kappa shape index (κ1) is 9.52. The molecule has 0 unspecified atom stereocenters. The Labute approximate surface area is 72.9 Å². The molecule has 3 heteroatoms. The van der Waals surface area contributed by atoms with Crippen LogP contribution in [0.25, 0.3) is 0 Å². The summed E-state index contributed by atoms with van der Waals surface area (Å²) in [7, 11) is 0. The molecule has 0 heterocycles. The summed E-state index contributed by atoms with van der Waals surface area (Å²) in [6, 6.07) is -0.646. The Hall–Kier alpha value is -0.570. The topological polar surface area (TPSA) is 63.3 Å². The monoisotopic (exact) mass is 171 g/mol. The van der Waals surface area contributed by atoms with Gasteiger partial charge < -0.3 is 10.8 Å². The summed E-state index contributed by atoms with van der Waals surface area (Å²) in [5.41, 5.74) is 5.55. The van der Waals surface area contributed by atoms with Gasteiger partial charge in [-0.15, -0.1) is 0 Å². The number of hydrogen-bond donors (Lipinski definition) is 2. The smallest absolute Gasteiger partial charge is 0.320 e. The van der Waals surface area contributed by atoms with Gasteiger partial charge in [-0.1, -0.05) is 19.8 Å². The van der Waals surface area contributed by atoms with Gasteiger partial charge in [-0.2, -0.15) is 0 Å². The first-order valence-electron chi connectivity index (χ1n) is 4.59. The van der Waals surface area contributed by atoms with E-state index in [1.54, 1.807) is 0 Å². The molecule has 70 valence electrons. The van der Waals surface area contributed by atoms with Gasteiger partial charge in [-0.05, 0) is 24.7 Å². The van der Waals surface area contributed by atoms with E-state index in [-0.39, 0.29) is 5.92 Å². The molecule has 0 amide bonds. The molecule has 0 aromatic rings. The molecule has 0 aromatic carbocycles. The van der Waals surface area contributed by atoms with Gasteiger partial charge >= 0.3 is 5.97 Å². The third kappa shape index (κ3) is 2.21. The average molecular weight is 171 g/mol. The molecule has 1 rings (SSSR count). The molecule has 0 aromatic heterocycles. The van der Waals surface area contributed by atoms with Crippen molar-refractivity contribution in [3.8, 4) is 0 Å². The summed E-state index contributed by atoms with van der Waals surface area (Å²) in [6.07, 6.45) is 4.32. The molecule has 0 aliphatic heterocycles. The van der Waals surface area contributed by atoms with Crippen LogP contribution in [-0.2, 0) is 4.79 Å². The van der Waals surface area contributed by atoms with Crippen LogP contribution in [0.5, 0.6) is 0 Å². The number of carbonyl (C=O) groups is 1. The van der Waals surface area contributed by atoms with Crippen LogP contribution >= 0.6 is 0 Å². The summed E-state index contributed by atoms with van der Waals surface area (Å²) in [4.78, 5) is 10.6. The standard InChI is InChI=1S/C9H17NO2/c1-6-3-2-4-7(5-6)8(10)9(11)12/h6-8H,2-5,10H2,1H3,(H,11,12)/t6-,7+,8+/m0/s1. The molecule has 0 spiro atoms. The Bertz CT molecular complexity index is 170. The second kappa shape index (κ2) is 3.90. The highest BCUT2D eigenvalue weighted by Crippen LogP contribution is 2.30. The van der Waals surface area contributed by atoms with E-state index in [2.05, 4.69) is 6.92 Å². The molecule has 1 aliphatic rings. The average Bonchev–Trinajstić information content (AvgIpc) is 2.03. The van der Waals surface area contributed by atoms with E-state index in [4.69, 9.17) is 10.8 Å². The van der Waals surface area contributed by atoms with Crippen molar-refractivity contribution in [3.05, 3.63) is 0 Å². The number of hydrogen-bond acceptors (Lipinski definition) is 2. The maximum atomic E-state index is 10.6. The highest BCUT2D eigenvalue weighted by Gasteiger charge is 2.28. The van der Waals surface area contributed by atoms with Crippen molar-refractivity contribution in [1.82, 2.24) is 0 Å². The largest absolute Gasteiger partial charge is 0.480 e. The lowest BCUT2D eigenvalue weighted by atomic mass is 9.79. The first-order valence-corrected chi connectivity index (χ1v) is 4.59. The van der Waals surface area contributed by atoms with Crippen molar-refractivity contribution in [2.75, 3.05) is 0 Å². The fraction of sp³-hybridized carbons (Fsp3) is 0.889. The molecule has 3 N–H and O–H groups in total. The quantitative estimate of drug-likeness (QED) is 0.656. The van der Waals surface area contributed by atoms with E-state index in [0.717, 1.165) is 19.3 Å². The lowest BCUT2D eigenvalue weighted by Crippen LogP contribution is -2.40. The zero-order valence-corrected chi connectivity index (χ0v) is 7.49. The molecular formula is C9H17NO2. The van der Waals surface area contributed by atoms with Gasteiger partial charge in [0, 0.05) is 0 Å². The van der Waals surface area contributed by atoms with E-state index in [9.17, 15) is 4.79 Å². The van der Waals surface area contributed by atoms with Crippen LogP contribution in [0.3, 0.4) is 0 Å². The maximum absolute atomic E-state index is 10.6. The molecule has 12 heavy (non-hydrogen) atoms. The SMILES string of the molecule is C[C@H]1CCC[C@@H]([C@@H](N)C(=O)O)C1. The Kier molecular flexibility index (Phi) is 3.09. The lowest BCUT2D eigenvalue weighted by molar-refractivity contribution is -0.140. The summed E-state index contributed by atoms with van der Waals surface area (Å²) < 4.78 is 0. The zero-order chi connectivity index (χ0) is 9.14. The minimum Gasteiger partial charge on any atom is -0.480 e. The predicted molar refractivity (Wildman–Crippen MR) is 46.7 cm³/mol. The van der Waals surface area contributed by atoms with Crippen LogP contribution in [-0.4, -0.2) is 17.1 Å². The van der Waals surface area contributed by atoms with Gasteiger partial charge in [0.1, 0.15) is 6.04 Å². The van der Waals surface area contributed by atoms with Gasteiger partial charge in [0.05, 0.1) is 0 Å². The van der Waals surface area contributed by atoms with Crippen molar-refractivity contribution >= 4 is 5.97 Å². The van der Waals surface area contributed by atoms with E-state index >= 15 is 0 Å². The number of rotatable bonds is 2. The van der Waals surface area contributed by atoms with Gasteiger partial charge in [-0.25, -0.2) is 0 Å². The highest BCUT2D eigenvalue weighted by atomic mass is 16.4. The number of carboxylic acid groups (broad SMARTS) is 1. The Morgan fingerprint density at radius 1 is 1.58 bits per heavy atom. The van der Waals surface area contributed by atoms with Gasteiger partial charge in [0.2, 0.25) is 0 Å². The van der Waals surface area contributed by atoms with E-state index in [1.807, 2.05) is 0 Å². The molecule has 3 nitrogen and oxygen atoms in total. The van der Waals surface area contributed by atoms with Crippen LogP contribution < -0.4 is 5.73 Å². The summed E-state index contributed by atoms with van der Waals surface area (Å²) >= 11 is 0. The lowest BCUT2D eigenvalue weighted by Gasteiger charge is -2.28. The fourth-order valence-corrected chi connectivity index (χ4v) is 2.01. The zero-order valence-electron chi connectivity index (χ0n) is 7.49. The van der Waals surface area contributed by atoms with E-state index in [0.29, 0.717) is 5.92 Å². The third-order valence-electron chi connectivity index (χ3n) is 2.77. The number of nitrogens with two attached hydrogens (primary N) is 1. The van der Waals surface area contributed by atoms with Crippen LogP contribution in [0.4, 0.5) is 0 Å². The Morgan fingerprint density at radius 2 is 2.25 bits per heavy atom. The second-order valence-corrected chi connectivity index (χ2v) is 3.90. The van der Waals surface area contributed by atoms with Gasteiger partial charge in [0.15, 0.2) is 0 Å². The summed E-state index contributed by atoms with van der Waals surface area (Å²) in [6.45, 7) is 2.17. The van der Waals surface area contributed by atoms with Crippen molar-refractivity contribution in [3.63, 3.8) is 0 Å². The molecule has 1 aliphatic carbocycles. The predicted octanol–water partition coefficient (Wildman–Crippen LogP) is 1.22. The van der Waals surface area contributed by atoms with Crippen molar-refractivity contribution in [1.29, 1.82) is 0 Å². The molecule has 0 saturated heterocycles. The minimum absolute atomic E-state index is 0.200. The molecule has 0 radical (unpaired) electrons. The summed E-state index contributed by atoms with van der Waals surface area (Å²) in [5, 5.41) is 8.70. The third-order valence-corrected chi connectivity index (χ3v) is 2.77. The Morgan fingerprint density at radius 3 is 2.75 bits per heavy atom. The van der Waals surface area contributed by atoms with Gasteiger partial charge in [-0.3, -0.25) is 4.79 Å². The van der Waals surface area contributed by atoms with Crippen LogP contribution in [0.2, 0.25) is 0 Å². The summed E-state index contributed by atoms with van der Waals surface area (Å²) in [5.74, 6) is -0.00509. The molecule has 0 bridgehead atoms. The fourth-order valence-electron chi connectivity index (χ4n) is 2.01. The highest BCUT2D eigenvalue weighted by molar-refractivity contribution is 5.73. The maximum Gasteiger partial charge on any atom is 0.320 e. The van der Waals surface area contributed by atoms with Crippen molar-refractivity contribution in [2.45, 2.75) is 38.6 Å². The van der Waals surface area contributed by atoms with E-state index in [1.165, 1.54) is 6.42 Å². The Balaban J connectivity index is 2.45. The van der Waals surface area contributed by atoms with Crippen molar-refractivity contribution < 1.29 is 9.90 Å². The van der Waals surface area contributed by atoms with Crippen molar-refractivity contribution in [2.24, 2.45) is 17.6 Å². The molecule has 1 fully saturated rings. The van der Waals surface area contributed by atoms with Crippen LogP contribution in [0.1, 0.15) is 32.6 Å². The number of aliphatic carboxylic acids is 1. The van der Waals surface area contributed by atoms with Crippen LogP contribution in [0.15, 0.2) is 0 Å². The first-order chi connectivity index (χ1) is 5.61. The second-order valence-electron chi connectivity index (χ2n) is 3.90. The minimum atomic E-state index is -0.853. The number of carboxylic acids is 1. The van der Waals surface area contributed by atoms with E-state index < -0.39 is 12.0 Å². The molecule has 3 atom stereocenters. The molecular weight excluding hydrogens is 154 g/mol. The van der Waals surface area contributed by atoms with Crippen LogP contribution in [0, 0.1) is 11.8 Å².